The number of aromatic amines is 1. The Labute approximate surface area is 114 Å². The number of nitrogens with one attached hydrogen (secondary N) is 1. The summed E-state index contributed by atoms with van der Waals surface area (Å²) in [6.45, 7) is 0.752. The third-order valence-corrected chi connectivity index (χ3v) is 3.44. The number of nitrogens with zero attached hydrogens (tertiary/aromatic N) is 1. The molecule has 4 rings (SSSR count). The van der Waals surface area contributed by atoms with Gasteiger partial charge in [0.15, 0.2) is 5.58 Å². The molecular weight excluding hydrogens is 252 g/mol. The van der Waals surface area contributed by atoms with Crippen LogP contribution in [0.3, 0.4) is 0 Å². The number of hydrogen-bond donors (Lipinski definition) is 1. The Balaban J connectivity index is 1.86. The van der Waals surface area contributed by atoms with Gasteiger partial charge >= 0.3 is 5.63 Å². The summed E-state index contributed by atoms with van der Waals surface area (Å²) in [5.41, 5.74) is 2.39. The van der Waals surface area contributed by atoms with Gasteiger partial charge in [0.1, 0.15) is 5.52 Å². The maximum atomic E-state index is 11.3. The first-order valence-corrected chi connectivity index (χ1v) is 6.45. The van der Waals surface area contributed by atoms with Gasteiger partial charge in [-0.2, -0.15) is 0 Å². The highest BCUT2D eigenvalue weighted by Gasteiger charge is 2.08. The molecule has 4 nitrogen and oxygen atoms in total. The monoisotopic (exact) mass is 264 g/mol. The van der Waals surface area contributed by atoms with Gasteiger partial charge in [-0.3, -0.25) is 9.78 Å². The van der Waals surface area contributed by atoms with Gasteiger partial charge < -0.3 is 4.42 Å². The number of aromatic nitrogens is 2. The zero-order valence-corrected chi connectivity index (χ0v) is 10.7. The average Bonchev–Trinajstić information content (AvgIpc) is 3.01. The minimum Gasteiger partial charge on any atom is -0.420 e. The summed E-state index contributed by atoms with van der Waals surface area (Å²) in [7, 11) is 0. The molecule has 98 valence electrons. The van der Waals surface area contributed by atoms with Crippen molar-refractivity contribution >= 4 is 21.9 Å². The van der Waals surface area contributed by atoms with Gasteiger partial charge in [-0.1, -0.05) is 42.5 Å². The van der Waals surface area contributed by atoms with Gasteiger partial charge in [-0.15, -0.1) is 0 Å². The highest BCUT2D eigenvalue weighted by atomic mass is 16.4. The molecule has 4 aromatic rings. The molecule has 0 radical (unpaired) electrons. The first kappa shape index (κ1) is 11.1. The van der Waals surface area contributed by atoms with Gasteiger partial charge in [0, 0.05) is 23.0 Å². The van der Waals surface area contributed by atoms with E-state index in [4.69, 9.17) is 4.42 Å². The molecule has 0 saturated heterocycles. The Hall–Kier alpha value is -2.75. The van der Waals surface area contributed by atoms with Crippen LogP contribution in [0.1, 0.15) is 5.56 Å². The molecular formula is C16H12N2O2. The molecule has 0 amide bonds. The standard InChI is InChI=1S/C16H12N2O2/c19-14-8-12-6-7-13-10-18(17-15(13)16(12)20-14)9-11-4-2-1-3-5-11/h1-8,10,17H,9H2. The van der Waals surface area contributed by atoms with Crippen LogP contribution in [0.15, 0.2) is 63.9 Å². The van der Waals surface area contributed by atoms with Crippen molar-refractivity contribution in [3.63, 3.8) is 0 Å². The Morgan fingerprint density at radius 3 is 2.70 bits per heavy atom. The van der Waals surface area contributed by atoms with E-state index in [1.54, 1.807) is 0 Å². The van der Waals surface area contributed by atoms with Gasteiger partial charge in [-0.05, 0) is 5.56 Å². The van der Waals surface area contributed by atoms with Crippen LogP contribution in [0.25, 0.3) is 21.9 Å². The highest BCUT2D eigenvalue weighted by Crippen LogP contribution is 2.23. The molecule has 0 spiro atoms. The lowest BCUT2D eigenvalue weighted by Gasteiger charge is -2.01. The van der Waals surface area contributed by atoms with E-state index in [0.29, 0.717) is 5.58 Å². The van der Waals surface area contributed by atoms with E-state index in [2.05, 4.69) is 17.2 Å². The summed E-state index contributed by atoms with van der Waals surface area (Å²) in [6, 6.07) is 15.6. The number of rotatable bonds is 2. The van der Waals surface area contributed by atoms with E-state index in [-0.39, 0.29) is 5.63 Å². The lowest BCUT2D eigenvalue weighted by Crippen LogP contribution is -1.99. The van der Waals surface area contributed by atoms with Crippen molar-refractivity contribution in [2.24, 2.45) is 0 Å². The fourth-order valence-corrected chi connectivity index (χ4v) is 2.53. The van der Waals surface area contributed by atoms with Gasteiger partial charge in [0.2, 0.25) is 0 Å². The molecule has 2 aromatic carbocycles. The van der Waals surface area contributed by atoms with Crippen molar-refractivity contribution < 1.29 is 4.42 Å². The third kappa shape index (κ3) is 1.73. The van der Waals surface area contributed by atoms with Crippen LogP contribution in [0, 0.1) is 0 Å². The molecule has 0 aliphatic carbocycles. The molecule has 0 saturated carbocycles. The molecule has 1 N–H and O–H groups in total. The van der Waals surface area contributed by atoms with Crippen molar-refractivity contribution in [2.75, 3.05) is 0 Å². The van der Waals surface area contributed by atoms with Crippen LogP contribution in [-0.2, 0) is 6.54 Å². The summed E-state index contributed by atoms with van der Waals surface area (Å²) >= 11 is 0. The summed E-state index contributed by atoms with van der Waals surface area (Å²) in [5.74, 6) is 0. The molecule has 0 unspecified atom stereocenters. The number of fused-ring (bicyclic) bond motifs is 3. The summed E-state index contributed by atoms with van der Waals surface area (Å²) in [5, 5.41) is 5.14. The van der Waals surface area contributed by atoms with Crippen LogP contribution >= 0.6 is 0 Å². The molecule has 0 aliphatic heterocycles. The normalized spacial score (nSPS) is 11.4. The predicted molar refractivity (Wildman–Crippen MR) is 77.9 cm³/mol. The fraction of sp³-hybridized carbons (Fsp3) is 0.0625. The van der Waals surface area contributed by atoms with E-state index in [1.165, 1.54) is 11.6 Å². The Morgan fingerprint density at radius 2 is 1.85 bits per heavy atom. The van der Waals surface area contributed by atoms with Crippen LogP contribution < -0.4 is 5.63 Å². The SMILES string of the molecule is O=c1cc2ccc3cn(Cc4ccccc4)[nH]c3c2o1. The van der Waals surface area contributed by atoms with Crippen molar-refractivity contribution in [3.8, 4) is 0 Å². The minimum atomic E-state index is -0.309. The van der Waals surface area contributed by atoms with Gasteiger partial charge in [0.05, 0.1) is 6.54 Å². The Kier molecular flexibility index (Phi) is 2.29. The summed E-state index contributed by atoms with van der Waals surface area (Å²) < 4.78 is 7.24. The van der Waals surface area contributed by atoms with Crippen LogP contribution in [-0.4, -0.2) is 9.78 Å². The van der Waals surface area contributed by atoms with Crippen molar-refractivity contribution in [3.05, 3.63) is 70.7 Å². The number of hydrogen-bond acceptors (Lipinski definition) is 2. The van der Waals surface area contributed by atoms with E-state index < -0.39 is 0 Å². The van der Waals surface area contributed by atoms with Crippen molar-refractivity contribution in [1.29, 1.82) is 0 Å². The van der Waals surface area contributed by atoms with Crippen LogP contribution in [0.2, 0.25) is 0 Å². The van der Waals surface area contributed by atoms with E-state index in [1.807, 2.05) is 41.2 Å². The largest absolute Gasteiger partial charge is 0.420 e. The maximum absolute atomic E-state index is 11.3. The molecule has 0 aliphatic rings. The summed E-state index contributed by atoms with van der Waals surface area (Å²) in [6.07, 6.45) is 2.02. The summed E-state index contributed by atoms with van der Waals surface area (Å²) in [4.78, 5) is 11.3. The van der Waals surface area contributed by atoms with Crippen LogP contribution in [0.4, 0.5) is 0 Å². The van der Waals surface area contributed by atoms with E-state index >= 15 is 0 Å². The Bertz CT molecular complexity index is 945. The second-order valence-corrected chi connectivity index (χ2v) is 4.87. The first-order chi connectivity index (χ1) is 9.79. The smallest absolute Gasteiger partial charge is 0.336 e. The topological polar surface area (TPSA) is 50.9 Å². The fourth-order valence-electron chi connectivity index (χ4n) is 2.53. The molecule has 0 fully saturated rings. The molecule has 20 heavy (non-hydrogen) atoms. The third-order valence-electron chi connectivity index (χ3n) is 3.44. The quantitative estimate of drug-likeness (QED) is 0.604. The van der Waals surface area contributed by atoms with Crippen molar-refractivity contribution in [2.45, 2.75) is 6.54 Å². The molecule has 2 aromatic heterocycles. The predicted octanol–water partition coefficient (Wildman–Crippen LogP) is 3.12. The highest BCUT2D eigenvalue weighted by molar-refractivity contribution is 6.01. The zero-order valence-electron chi connectivity index (χ0n) is 10.7. The average molecular weight is 264 g/mol. The Morgan fingerprint density at radius 1 is 1.05 bits per heavy atom. The number of H-pyrrole nitrogens is 1. The van der Waals surface area contributed by atoms with Crippen LogP contribution in [0.5, 0.6) is 0 Å². The first-order valence-electron chi connectivity index (χ1n) is 6.45. The second kappa shape index (κ2) is 4.13. The lowest BCUT2D eigenvalue weighted by molar-refractivity contribution is 0.575. The number of benzene rings is 2. The van der Waals surface area contributed by atoms with Gasteiger partial charge in [-0.25, -0.2) is 4.79 Å². The van der Waals surface area contributed by atoms with Gasteiger partial charge in [0.25, 0.3) is 0 Å². The van der Waals surface area contributed by atoms with E-state index in [0.717, 1.165) is 22.8 Å². The van der Waals surface area contributed by atoms with Crippen molar-refractivity contribution in [1.82, 2.24) is 9.78 Å². The zero-order chi connectivity index (χ0) is 13.5. The molecule has 4 heteroatoms. The molecule has 0 atom stereocenters. The maximum Gasteiger partial charge on any atom is 0.336 e. The molecule has 2 heterocycles. The second-order valence-electron chi connectivity index (χ2n) is 4.87. The van der Waals surface area contributed by atoms with E-state index in [9.17, 15) is 4.79 Å². The lowest BCUT2D eigenvalue weighted by atomic mass is 10.2. The molecule has 0 bridgehead atoms. The minimum absolute atomic E-state index is 0.309. The number of furan rings is 1.